The number of rotatable bonds is 5. The van der Waals surface area contributed by atoms with E-state index < -0.39 is 11.8 Å². The second kappa shape index (κ2) is 7.71. The van der Waals surface area contributed by atoms with Crippen LogP contribution in [0.1, 0.15) is 26.3 Å². The topological polar surface area (TPSA) is 100 Å². The van der Waals surface area contributed by atoms with Crippen molar-refractivity contribution in [2.45, 2.75) is 0 Å². The van der Waals surface area contributed by atoms with E-state index in [-0.39, 0.29) is 11.1 Å². The van der Waals surface area contributed by atoms with Crippen LogP contribution in [0.4, 0.5) is 0 Å². The first-order chi connectivity index (χ1) is 11.1. The van der Waals surface area contributed by atoms with Gasteiger partial charge >= 0.3 is 0 Å². The van der Waals surface area contributed by atoms with Crippen molar-refractivity contribution < 1.29 is 19.5 Å². The summed E-state index contributed by atoms with van der Waals surface area (Å²) >= 11 is 0. The molecule has 0 aliphatic carbocycles. The Bertz CT molecular complexity index is 726. The fourth-order valence-electron chi connectivity index (χ4n) is 1.79. The molecule has 0 saturated heterocycles. The molecule has 2 rings (SSSR count). The van der Waals surface area contributed by atoms with Gasteiger partial charge in [0.2, 0.25) is 0 Å². The number of nitrogens with zero attached hydrogens (tertiary/aromatic N) is 1. The van der Waals surface area contributed by atoms with E-state index in [1.54, 1.807) is 31.4 Å². The van der Waals surface area contributed by atoms with Crippen LogP contribution in [0.25, 0.3) is 0 Å². The summed E-state index contributed by atoms with van der Waals surface area (Å²) in [6.07, 6.45) is 1.49. The summed E-state index contributed by atoms with van der Waals surface area (Å²) in [4.78, 5) is 23.3. The Morgan fingerprint density at radius 3 is 2.35 bits per heavy atom. The summed E-state index contributed by atoms with van der Waals surface area (Å²) in [6.45, 7) is 0. The number of hydrogen-bond acceptors (Lipinski definition) is 5. The molecule has 7 heteroatoms. The second-order valence-corrected chi connectivity index (χ2v) is 4.49. The van der Waals surface area contributed by atoms with Gasteiger partial charge in [-0.15, -0.1) is 0 Å². The van der Waals surface area contributed by atoms with Crippen LogP contribution in [0.3, 0.4) is 0 Å². The average molecular weight is 313 g/mol. The molecule has 0 aromatic heterocycles. The zero-order valence-corrected chi connectivity index (χ0v) is 12.3. The molecule has 0 spiro atoms. The van der Waals surface area contributed by atoms with Crippen LogP contribution in [-0.4, -0.2) is 30.3 Å². The van der Waals surface area contributed by atoms with Crippen LogP contribution in [0.15, 0.2) is 53.6 Å². The van der Waals surface area contributed by atoms with Crippen LogP contribution >= 0.6 is 0 Å². The van der Waals surface area contributed by atoms with Gasteiger partial charge in [-0.3, -0.25) is 14.8 Å². The third-order valence-electron chi connectivity index (χ3n) is 2.98. The molecular weight excluding hydrogens is 298 g/mol. The average Bonchev–Trinajstić information content (AvgIpc) is 2.61. The Balaban J connectivity index is 2.01. The normalized spacial score (nSPS) is 10.3. The third-order valence-corrected chi connectivity index (χ3v) is 2.98. The summed E-state index contributed by atoms with van der Waals surface area (Å²) in [5.41, 5.74) is 5.08. The SMILES string of the molecule is COc1ccc(/C=N/NC(=O)c2cccc(C(=O)NO)c2)cc1. The van der Waals surface area contributed by atoms with Gasteiger partial charge in [-0.05, 0) is 48.0 Å². The van der Waals surface area contributed by atoms with Crippen molar-refractivity contribution >= 4 is 18.0 Å². The lowest BCUT2D eigenvalue weighted by atomic mass is 10.1. The van der Waals surface area contributed by atoms with E-state index in [0.717, 1.165) is 11.3 Å². The Morgan fingerprint density at radius 1 is 1.09 bits per heavy atom. The lowest BCUT2D eigenvalue weighted by Gasteiger charge is -2.03. The monoisotopic (exact) mass is 313 g/mol. The Labute approximate surface area is 132 Å². The van der Waals surface area contributed by atoms with E-state index in [9.17, 15) is 9.59 Å². The van der Waals surface area contributed by atoms with Crippen LogP contribution in [0.2, 0.25) is 0 Å². The maximum absolute atomic E-state index is 12.0. The van der Waals surface area contributed by atoms with E-state index in [4.69, 9.17) is 9.94 Å². The van der Waals surface area contributed by atoms with Gasteiger partial charge in [-0.25, -0.2) is 10.9 Å². The number of nitrogens with one attached hydrogen (secondary N) is 2. The van der Waals surface area contributed by atoms with E-state index in [1.807, 2.05) is 0 Å². The predicted octanol–water partition coefficient (Wildman–Crippen LogP) is 1.58. The molecular formula is C16H15N3O4. The Morgan fingerprint density at radius 2 is 1.74 bits per heavy atom. The van der Waals surface area contributed by atoms with Gasteiger partial charge in [-0.1, -0.05) is 6.07 Å². The van der Waals surface area contributed by atoms with Gasteiger partial charge in [0.15, 0.2) is 0 Å². The van der Waals surface area contributed by atoms with Crippen LogP contribution in [-0.2, 0) is 0 Å². The number of methoxy groups -OCH3 is 1. The molecule has 0 bridgehead atoms. The zero-order chi connectivity index (χ0) is 16.7. The minimum Gasteiger partial charge on any atom is -0.497 e. The van der Waals surface area contributed by atoms with Crippen molar-refractivity contribution in [1.82, 2.24) is 10.9 Å². The number of benzene rings is 2. The quantitative estimate of drug-likeness (QED) is 0.443. The smallest absolute Gasteiger partial charge is 0.274 e. The minimum absolute atomic E-state index is 0.166. The van der Waals surface area contributed by atoms with Gasteiger partial charge < -0.3 is 4.74 Å². The molecule has 23 heavy (non-hydrogen) atoms. The van der Waals surface area contributed by atoms with Crippen molar-refractivity contribution in [3.63, 3.8) is 0 Å². The molecule has 7 nitrogen and oxygen atoms in total. The van der Waals surface area contributed by atoms with Crippen molar-refractivity contribution in [3.8, 4) is 5.75 Å². The first kappa shape index (κ1) is 16.2. The number of ether oxygens (including phenoxy) is 1. The molecule has 0 aliphatic rings. The number of hydroxylamine groups is 1. The predicted molar refractivity (Wildman–Crippen MR) is 83.7 cm³/mol. The molecule has 2 aromatic rings. The van der Waals surface area contributed by atoms with Crippen LogP contribution < -0.4 is 15.6 Å². The summed E-state index contributed by atoms with van der Waals surface area (Å²) in [5.74, 6) is -0.436. The van der Waals surface area contributed by atoms with Gasteiger partial charge in [0.25, 0.3) is 11.8 Å². The summed E-state index contributed by atoms with van der Waals surface area (Å²) in [7, 11) is 1.58. The van der Waals surface area contributed by atoms with Crippen molar-refractivity contribution in [3.05, 3.63) is 65.2 Å². The summed E-state index contributed by atoms with van der Waals surface area (Å²) < 4.78 is 5.04. The highest BCUT2D eigenvalue weighted by molar-refractivity contribution is 5.99. The number of amides is 2. The maximum atomic E-state index is 12.0. The highest BCUT2D eigenvalue weighted by Gasteiger charge is 2.09. The van der Waals surface area contributed by atoms with Crippen molar-refractivity contribution in [2.24, 2.45) is 5.10 Å². The molecule has 3 N–H and O–H groups in total. The number of hydrogen-bond donors (Lipinski definition) is 3. The van der Waals surface area contributed by atoms with Gasteiger partial charge in [0.1, 0.15) is 5.75 Å². The molecule has 0 radical (unpaired) electrons. The summed E-state index contributed by atoms with van der Waals surface area (Å²) in [5, 5.41) is 12.4. The highest BCUT2D eigenvalue weighted by Crippen LogP contribution is 2.09. The lowest BCUT2D eigenvalue weighted by Crippen LogP contribution is -2.21. The first-order valence-corrected chi connectivity index (χ1v) is 6.66. The third kappa shape index (κ3) is 4.39. The largest absolute Gasteiger partial charge is 0.497 e. The van der Waals surface area contributed by atoms with E-state index in [2.05, 4.69) is 10.5 Å². The van der Waals surface area contributed by atoms with Crippen LogP contribution in [0, 0.1) is 0 Å². The molecule has 118 valence electrons. The van der Waals surface area contributed by atoms with E-state index >= 15 is 0 Å². The van der Waals surface area contributed by atoms with Crippen LogP contribution in [0.5, 0.6) is 5.75 Å². The standard InChI is InChI=1S/C16H15N3O4/c1-23-14-7-5-11(6-8-14)10-17-18-15(20)12-3-2-4-13(9-12)16(21)19-22/h2-10,22H,1H3,(H,18,20)(H,19,21)/b17-10+. The minimum atomic E-state index is -0.693. The molecule has 0 saturated carbocycles. The Hall–Kier alpha value is -3.19. The molecule has 0 heterocycles. The number of carbonyl (C=O) groups is 2. The first-order valence-electron chi connectivity index (χ1n) is 6.66. The van der Waals surface area contributed by atoms with Gasteiger partial charge in [0, 0.05) is 11.1 Å². The maximum Gasteiger partial charge on any atom is 0.274 e. The Kier molecular flexibility index (Phi) is 5.43. The number of hydrazone groups is 1. The van der Waals surface area contributed by atoms with E-state index in [1.165, 1.54) is 36.0 Å². The van der Waals surface area contributed by atoms with Gasteiger partial charge in [0.05, 0.1) is 13.3 Å². The zero-order valence-electron chi connectivity index (χ0n) is 12.3. The molecule has 0 aliphatic heterocycles. The molecule has 0 unspecified atom stereocenters. The molecule has 2 aromatic carbocycles. The molecule has 0 atom stereocenters. The lowest BCUT2D eigenvalue weighted by molar-refractivity contribution is 0.0706. The van der Waals surface area contributed by atoms with Crippen molar-refractivity contribution in [2.75, 3.05) is 7.11 Å². The summed E-state index contributed by atoms with van der Waals surface area (Å²) in [6, 6.07) is 13.0. The molecule has 0 fully saturated rings. The fourth-order valence-corrected chi connectivity index (χ4v) is 1.79. The van der Waals surface area contributed by atoms with E-state index in [0.29, 0.717) is 0 Å². The number of carbonyl (C=O) groups excluding carboxylic acids is 2. The second-order valence-electron chi connectivity index (χ2n) is 4.49. The molecule has 2 amide bonds. The highest BCUT2D eigenvalue weighted by atomic mass is 16.5. The fraction of sp³-hybridized carbons (Fsp3) is 0.0625. The van der Waals surface area contributed by atoms with Crippen molar-refractivity contribution in [1.29, 1.82) is 0 Å². The van der Waals surface area contributed by atoms with Gasteiger partial charge in [-0.2, -0.15) is 5.10 Å².